The van der Waals surface area contributed by atoms with Crippen LogP contribution in [0.1, 0.15) is 47.7 Å². The topological polar surface area (TPSA) is 105 Å². The maximum absolute atomic E-state index is 12.7. The minimum absolute atomic E-state index is 0.110. The molecule has 25 heavy (non-hydrogen) atoms. The third-order valence-corrected chi connectivity index (χ3v) is 4.93. The molecule has 0 aliphatic carbocycles. The highest BCUT2D eigenvalue weighted by Crippen LogP contribution is 2.29. The monoisotopic (exact) mass is 344 g/mol. The Hall–Kier alpha value is -2.25. The zero-order valence-corrected chi connectivity index (χ0v) is 14.4. The van der Waals surface area contributed by atoms with Gasteiger partial charge in [-0.15, -0.1) is 0 Å². The molecule has 7 nitrogen and oxygen atoms in total. The Morgan fingerprint density at radius 2 is 2.16 bits per heavy atom. The minimum Gasteiger partial charge on any atom is -0.327 e. The van der Waals surface area contributed by atoms with E-state index in [4.69, 9.17) is 5.73 Å². The van der Waals surface area contributed by atoms with Crippen LogP contribution in [0.3, 0.4) is 0 Å². The van der Waals surface area contributed by atoms with Crippen molar-refractivity contribution in [3.8, 4) is 0 Å². The van der Waals surface area contributed by atoms with E-state index in [1.807, 2.05) is 19.1 Å². The van der Waals surface area contributed by atoms with Crippen LogP contribution in [-0.2, 0) is 22.7 Å². The molecule has 0 bridgehead atoms. The van der Waals surface area contributed by atoms with Gasteiger partial charge in [-0.25, -0.2) is 0 Å². The van der Waals surface area contributed by atoms with Crippen molar-refractivity contribution in [3.05, 3.63) is 34.9 Å². The Balaban J connectivity index is 1.73. The summed E-state index contributed by atoms with van der Waals surface area (Å²) >= 11 is 0. The van der Waals surface area contributed by atoms with Crippen molar-refractivity contribution >= 4 is 17.7 Å². The quantitative estimate of drug-likeness (QED) is 0.643. The van der Waals surface area contributed by atoms with Crippen LogP contribution >= 0.6 is 0 Å². The molecule has 3 amide bonds. The summed E-state index contributed by atoms with van der Waals surface area (Å²) in [5.74, 6) is -0.801. The van der Waals surface area contributed by atoms with Gasteiger partial charge in [0, 0.05) is 37.7 Å². The zero-order chi connectivity index (χ0) is 18.0. The maximum atomic E-state index is 12.7. The van der Waals surface area contributed by atoms with Gasteiger partial charge >= 0.3 is 0 Å². The molecule has 1 aromatic carbocycles. The van der Waals surface area contributed by atoms with E-state index in [9.17, 15) is 14.4 Å². The smallest absolute Gasteiger partial charge is 0.255 e. The summed E-state index contributed by atoms with van der Waals surface area (Å²) in [6.45, 7) is 3.79. The number of nitrogens with one attached hydrogen (secondary N) is 2. The van der Waals surface area contributed by atoms with Crippen molar-refractivity contribution in [2.75, 3.05) is 6.54 Å². The standard InChI is InChI=1S/C18H24N4O3/c1-2-12(19)9-20-8-11-4-3-5-13-14(11)10-22(18(13)25)15-6-7-16(23)21-17(15)24/h3-5,12,15,20H,2,6-10,19H2,1H3,(H,21,23,24)/t12-,15?/m0/s1. The second kappa shape index (κ2) is 7.33. The van der Waals surface area contributed by atoms with Crippen molar-refractivity contribution in [3.63, 3.8) is 0 Å². The molecule has 0 spiro atoms. The number of nitrogens with zero attached hydrogens (tertiary/aromatic N) is 1. The molecular formula is C18H24N4O3. The molecule has 2 heterocycles. The molecule has 2 aliphatic heterocycles. The first-order chi connectivity index (χ1) is 12.0. The predicted octanol–water partition coefficient (Wildman–Crippen LogP) is 0.275. The van der Waals surface area contributed by atoms with E-state index in [1.54, 1.807) is 11.0 Å². The molecule has 0 aromatic heterocycles. The number of rotatable bonds is 6. The maximum Gasteiger partial charge on any atom is 0.255 e. The van der Waals surface area contributed by atoms with Gasteiger partial charge in [-0.1, -0.05) is 19.1 Å². The number of hydrogen-bond donors (Lipinski definition) is 3. The summed E-state index contributed by atoms with van der Waals surface area (Å²) in [6, 6.07) is 5.18. The number of fused-ring (bicyclic) bond motifs is 1. The summed E-state index contributed by atoms with van der Waals surface area (Å²) in [4.78, 5) is 37.7. The van der Waals surface area contributed by atoms with Crippen molar-refractivity contribution in [1.82, 2.24) is 15.5 Å². The average Bonchev–Trinajstić information content (AvgIpc) is 2.92. The number of nitrogens with two attached hydrogens (primary N) is 1. The molecule has 0 saturated carbocycles. The lowest BCUT2D eigenvalue weighted by Crippen LogP contribution is -2.52. The largest absolute Gasteiger partial charge is 0.327 e. The van der Waals surface area contributed by atoms with Crippen LogP contribution in [0.25, 0.3) is 0 Å². The van der Waals surface area contributed by atoms with Crippen molar-refractivity contribution < 1.29 is 14.4 Å². The summed E-state index contributed by atoms with van der Waals surface area (Å²) in [6.07, 6.45) is 1.55. The molecule has 1 aromatic rings. The van der Waals surface area contributed by atoms with Crippen molar-refractivity contribution in [1.29, 1.82) is 0 Å². The highest BCUT2D eigenvalue weighted by Gasteiger charge is 2.39. The number of amides is 3. The Morgan fingerprint density at radius 3 is 2.88 bits per heavy atom. The van der Waals surface area contributed by atoms with Crippen molar-refractivity contribution in [2.45, 2.75) is 51.4 Å². The van der Waals surface area contributed by atoms with E-state index >= 15 is 0 Å². The number of piperidine rings is 1. The van der Waals surface area contributed by atoms with Crippen LogP contribution in [0.2, 0.25) is 0 Å². The highest BCUT2D eigenvalue weighted by molar-refractivity contribution is 6.05. The zero-order valence-electron chi connectivity index (χ0n) is 14.4. The van der Waals surface area contributed by atoms with Crippen LogP contribution in [0.5, 0.6) is 0 Å². The third-order valence-electron chi connectivity index (χ3n) is 4.93. The van der Waals surface area contributed by atoms with Crippen LogP contribution in [0.4, 0.5) is 0 Å². The number of carbonyl (C=O) groups excluding carboxylic acids is 3. The highest BCUT2D eigenvalue weighted by atomic mass is 16.2. The molecule has 4 N–H and O–H groups in total. The van der Waals surface area contributed by atoms with Gasteiger partial charge in [-0.05, 0) is 30.0 Å². The van der Waals surface area contributed by atoms with Gasteiger partial charge < -0.3 is 16.0 Å². The van der Waals surface area contributed by atoms with Crippen LogP contribution in [-0.4, -0.2) is 41.2 Å². The fraction of sp³-hybridized carbons (Fsp3) is 0.500. The normalized spacial score (nSPS) is 21.3. The Kier molecular flexibility index (Phi) is 5.15. The van der Waals surface area contributed by atoms with Gasteiger partial charge in [-0.3, -0.25) is 19.7 Å². The van der Waals surface area contributed by atoms with E-state index in [0.29, 0.717) is 31.6 Å². The SMILES string of the molecule is CC[C@H](N)CNCc1cccc2c1CN(C1CCC(=O)NC1=O)C2=O. The van der Waals surface area contributed by atoms with E-state index in [-0.39, 0.29) is 30.2 Å². The van der Waals surface area contributed by atoms with E-state index in [0.717, 1.165) is 17.5 Å². The van der Waals surface area contributed by atoms with E-state index in [2.05, 4.69) is 10.6 Å². The second-order valence-corrected chi connectivity index (χ2v) is 6.64. The summed E-state index contributed by atoms with van der Waals surface area (Å²) in [5, 5.41) is 5.65. The van der Waals surface area contributed by atoms with Gasteiger partial charge in [0.15, 0.2) is 0 Å². The van der Waals surface area contributed by atoms with Gasteiger partial charge in [-0.2, -0.15) is 0 Å². The van der Waals surface area contributed by atoms with Gasteiger partial charge in [0.05, 0.1) is 0 Å². The lowest BCUT2D eigenvalue weighted by atomic mass is 10.0. The first kappa shape index (κ1) is 17.6. The molecule has 1 unspecified atom stereocenters. The summed E-state index contributed by atoms with van der Waals surface area (Å²) in [7, 11) is 0. The number of carbonyl (C=O) groups is 3. The molecular weight excluding hydrogens is 320 g/mol. The van der Waals surface area contributed by atoms with Crippen LogP contribution < -0.4 is 16.4 Å². The summed E-state index contributed by atoms with van der Waals surface area (Å²) < 4.78 is 0. The molecule has 1 saturated heterocycles. The van der Waals surface area contributed by atoms with Crippen LogP contribution in [0, 0.1) is 0 Å². The van der Waals surface area contributed by atoms with Crippen molar-refractivity contribution in [2.24, 2.45) is 5.73 Å². The number of benzene rings is 1. The molecule has 3 rings (SSSR count). The minimum atomic E-state index is -0.577. The van der Waals surface area contributed by atoms with Crippen LogP contribution in [0.15, 0.2) is 18.2 Å². The third kappa shape index (κ3) is 3.57. The fourth-order valence-electron chi connectivity index (χ4n) is 3.35. The molecule has 0 radical (unpaired) electrons. The molecule has 7 heteroatoms. The van der Waals surface area contributed by atoms with Gasteiger partial charge in [0.25, 0.3) is 5.91 Å². The molecule has 2 aliphatic rings. The fourth-order valence-corrected chi connectivity index (χ4v) is 3.35. The van der Waals surface area contributed by atoms with E-state index < -0.39 is 6.04 Å². The molecule has 2 atom stereocenters. The number of hydrogen-bond acceptors (Lipinski definition) is 5. The summed E-state index contributed by atoms with van der Waals surface area (Å²) in [5.41, 5.74) is 8.56. The lowest BCUT2D eigenvalue weighted by molar-refractivity contribution is -0.136. The second-order valence-electron chi connectivity index (χ2n) is 6.64. The van der Waals surface area contributed by atoms with Gasteiger partial charge in [0.1, 0.15) is 6.04 Å². The van der Waals surface area contributed by atoms with Gasteiger partial charge in [0.2, 0.25) is 11.8 Å². The number of imide groups is 1. The first-order valence-electron chi connectivity index (χ1n) is 8.73. The Bertz CT molecular complexity index is 704. The Morgan fingerprint density at radius 1 is 1.36 bits per heavy atom. The lowest BCUT2D eigenvalue weighted by Gasteiger charge is -2.29. The average molecular weight is 344 g/mol. The predicted molar refractivity (Wildman–Crippen MR) is 92.5 cm³/mol. The first-order valence-corrected chi connectivity index (χ1v) is 8.73. The van der Waals surface area contributed by atoms with E-state index in [1.165, 1.54) is 0 Å². The molecule has 134 valence electrons. The Labute approximate surface area is 146 Å². The molecule has 1 fully saturated rings.